The fourth-order valence-electron chi connectivity index (χ4n) is 0.698. The molecule has 0 saturated carbocycles. The largest absolute Gasteiger partial charge is 0.457 e. The summed E-state index contributed by atoms with van der Waals surface area (Å²) in [4.78, 5) is 22.5. The quantitative estimate of drug-likeness (QED) is 0.402. The summed E-state index contributed by atoms with van der Waals surface area (Å²) in [6.45, 7) is -12.2. The maximum atomic E-state index is 12.0. The maximum absolute atomic E-state index is 12.0. The minimum absolute atomic E-state index is 1.23. The number of alkyl halides is 6. The topological polar surface area (TPSA) is 52.6 Å². The standard InChI is InChI=1S/C8H14O2.C7H6F6O2/c1-6(2)7(9)10-8(3,4)5;1-3(2)4(14)15-5(6(8,9)10)7(11,12)13/h1H2,2-5H3;5H,1H2,2H3/i2D3,3D3,4D3,5D3;2D3. The molecule has 4 nitrogen and oxygen atoms in total. The van der Waals surface area contributed by atoms with Crippen LogP contribution in [0.1, 0.15) is 54.8 Å². The van der Waals surface area contributed by atoms with Gasteiger partial charge in [-0.3, -0.25) is 0 Å². The minimum Gasteiger partial charge on any atom is -0.457 e. The van der Waals surface area contributed by atoms with Crippen LogP contribution >= 0.6 is 0 Å². The first-order chi connectivity index (χ1) is 17.0. The highest BCUT2D eigenvalue weighted by atomic mass is 19.4. The highest BCUT2D eigenvalue weighted by Gasteiger charge is 2.59. The first-order valence-corrected chi connectivity index (χ1v) is 5.42. The fraction of sp³-hybridized carbons (Fsp3) is 0.600. The van der Waals surface area contributed by atoms with Crippen LogP contribution in [0.25, 0.3) is 0 Å². The van der Waals surface area contributed by atoms with E-state index in [0.29, 0.717) is 0 Å². The van der Waals surface area contributed by atoms with E-state index in [4.69, 9.17) is 20.6 Å². The van der Waals surface area contributed by atoms with Gasteiger partial charge in [0.2, 0.25) is 0 Å². The molecule has 0 aromatic carbocycles. The van der Waals surface area contributed by atoms with Gasteiger partial charge in [-0.1, -0.05) is 13.2 Å². The summed E-state index contributed by atoms with van der Waals surface area (Å²) in [6, 6.07) is 0. The van der Waals surface area contributed by atoms with Crippen molar-refractivity contribution in [3.8, 4) is 0 Å². The molecule has 10 heteroatoms. The molecule has 0 rings (SSSR count). The zero-order valence-corrected chi connectivity index (χ0v) is 11.9. The molecule has 0 spiro atoms. The van der Waals surface area contributed by atoms with Crippen LogP contribution in [0, 0.1) is 0 Å². The molecule has 0 unspecified atom stereocenters. The number of esters is 2. The van der Waals surface area contributed by atoms with E-state index in [1.807, 2.05) is 0 Å². The molecule has 0 heterocycles. The SMILES string of the molecule is [2H]C([2H])([2H])C(=C)C(=O)OC(C(F)(F)F)C(F)(F)F.[2H]C([2H])([2H])C(=C)C(=O)OC(C([2H])([2H])[2H])(C([2H])([2H])[2H])C([2H])([2H])[2H]. The van der Waals surface area contributed by atoms with Crippen molar-refractivity contribution in [2.24, 2.45) is 0 Å². The Bertz CT molecular complexity index is 903. The molecule has 0 aliphatic rings. The molecule has 0 N–H and O–H groups in total. The van der Waals surface area contributed by atoms with Gasteiger partial charge in [0, 0.05) is 31.7 Å². The van der Waals surface area contributed by atoms with E-state index < -0.39 is 81.4 Å². The third-order valence-electron chi connectivity index (χ3n) is 1.56. The van der Waals surface area contributed by atoms with Crippen molar-refractivity contribution in [3.05, 3.63) is 24.3 Å². The Morgan fingerprint density at radius 1 is 0.880 bits per heavy atom. The summed E-state index contributed by atoms with van der Waals surface area (Å²) in [5.74, 6) is -4.21. The lowest BCUT2D eigenvalue weighted by Crippen LogP contribution is -2.45. The Balaban J connectivity index is 0. The van der Waals surface area contributed by atoms with Crippen LogP contribution in [-0.2, 0) is 19.1 Å². The third kappa shape index (κ3) is 12.1. The van der Waals surface area contributed by atoms with Gasteiger partial charge in [0.1, 0.15) is 5.60 Å². The van der Waals surface area contributed by atoms with Gasteiger partial charge in [-0.05, 0) is 34.3 Å². The monoisotopic (exact) mass is 393 g/mol. The average Bonchev–Trinajstić information content (AvgIpc) is 2.62. The number of hydrogen-bond donors (Lipinski definition) is 0. The lowest BCUT2D eigenvalue weighted by atomic mass is 10.2. The van der Waals surface area contributed by atoms with E-state index in [0.717, 1.165) is 0 Å². The smallest absolute Gasteiger partial charge is 0.434 e. The van der Waals surface area contributed by atoms with Crippen molar-refractivity contribution in [1.29, 1.82) is 0 Å². The predicted octanol–water partition coefficient (Wildman–Crippen LogP) is 4.50. The summed E-state index contributed by atoms with van der Waals surface area (Å²) >= 11 is 0. The zero-order chi connectivity index (χ0) is 33.3. The second-order valence-corrected chi connectivity index (χ2v) is 3.90. The number of ether oxygens (including phenoxy) is 2. The number of halogens is 6. The van der Waals surface area contributed by atoms with Crippen LogP contribution in [0.4, 0.5) is 26.3 Å². The molecule has 0 radical (unpaired) electrons. The number of rotatable bonds is 3. The van der Waals surface area contributed by atoms with E-state index in [1.54, 1.807) is 0 Å². The minimum atomic E-state index is -5.90. The molecule has 0 aromatic rings. The Kier molecular flexibility index (Phi) is 3.06. The number of carbonyl (C=O) groups is 2. The fourth-order valence-corrected chi connectivity index (χ4v) is 0.698. The summed E-state index contributed by atoms with van der Waals surface area (Å²) < 4.78 is 185. The number of carbonyl (C=O) groups excluding carboxylic acids is 2. The summed E-state index contributed by atoms with van der Waals surface area (Å²) in [5.41, 5.74) is -6.58. The normalized spacial score (nSPS) is 23.4. The molecular formula is C15H20F6O4. The molecule has 0 aliphatic carbocycles. The maximum Gasteiger partial charge on any atom is 0.434 e. The molecule has 0 saturated heterocycles. The molecule has 25 heavy (non-hydrogen) atoms. The Labute approximate surface area is 162 Å². The highest BCUT2D eigenvalue weighted by Crippen LogP contribution is 2.35. The predicted molar refractivity (Wildman–Crippen MR) is 77.5 cm³/mol. The van der Waals surface area contributed by atoms with E-state index in [-0.39, 0.29) is 0 Å². The molecule has 0 atom stereocenters. The lowest BCUT2D eigenvalue weighted by molar-refractivity contribution is -0.312. The van der Waals surface area contributed by atoms with Crippen LogP contribution in [0.2, 0.25) is 0 Å². The van der Waals surface area contributed by atoms with E-state index in [1.165, 1.54) is 0 Å². The van der Waals surface area contributed by atoms with Crippen molar-refractivity contribution in [2.45, 2.75) is 58.3 Å². The van der Waals surface area contributed by atoms with E-state index in [9.17, 15) is 35.9 Å². The highest BCUT2D eigenvalue weighted by molar-refractivity contribution is 5.87. The van der Waals surface area contributed by atoms with Crippen molar-refractivity contribution >= 4 is 11.9 Å². The molecule has 0 amide bonds. The molecule has 0 aromatic heterocycles. The van der Waals surface area contributed by atoms with Crippen molar-refractivity contribution in [1.82, 2.24) is 0 Å². The van der Waals surface area contributed by atoms with Crippen molar-refractivity contribution in [2.75, 3.05) is 0 Å². The van der Waals surface area contributed by atoms with Gasteiger partial charge < -0.3 is 9.47 Å². The Morgan fingerprint density at radius 3 is 1.60 bits per heavy atom. The lowest BCUT2D eigenvalue weighted by Gasteiger charge is -2.22. The first-order valence-electron chi connectivity index (χ1n) is 12.9. The average molecular weight is 393 g/mol. The summed E-state index contributed by atoms with van der Waals surface area (Å²) in [5, 5.41) is 0. The van der Waals surface area contributed by atoms with Crippen molar-refractivity contribution in [3.63, 3.8) is 0 Å². The van der Waals surface area contributed by atoms with Crippen LogP contribution in [-0.4, -0.2) is 36.0 Å². The molecule has 0 aliphatic heterocycles. The van der Waals surface area contributed by atoms with Crippen LogP contribution < -0.4 is 0 Å². The number of hydrogen-bond acceptors (Lipinski definition) is 4. The summed E-state index contributed by atoms with van der Waals surface area (Å²) in [6.07, 6.45) is -16.2. The third-order valence-corrected chi connectivity index (χ3v) is 1.56. The summed E-state index contributed by atoms with van der Waals surface area (Å²) in [7, 11) is 0. The van der Waals surface area contributed by atoms with Gasteiger partial charge in [0.05, 0.1) is 0 Å². The van der Waals surface area contributed by atoms with E-state index >= 15 is 0 Å². The van der Waals surface area contributed by atoms with Gasteiger partial charge in [-0.25, -0.2) is 9.59 Å². The second kappa shape index (κ2) is 8.91. The van der Waals surface area contributed by atoms with Crippen molar-refractivity contribution < 1.29 is 66.0 Å². The van der Waals surface area contributed by atoms with Gasteiger partial charge >= 0.3 is 24.3 Å². The zero-order valence-electron chi connectivity index (χ0n) is 26.9. The molecule has 146 valence electrons. The molecule has 0 bridgehead atoms. The van der Waals surface area contributed by atoms with Gasteiger partial charge in [-0.2, -0.15) is 26.3 Å². The Hall–Kier alpha value is -2.00. The van der Waals surface area contributed by atoms with Gasteiger partial charge in [0.15, 0.2) is 0 Å². The van der Waals surface area contributed by atoms with Gasteiger partial charge in [0.25, 0.3) is 6.10 Å². The Morgan fingerprint density at radius 2 is 1.28 bits per heavy atom. The first kappa shape index (κ1) is 8.59. The molecular weight excluding hydrogens is 358 g/mol. The van der Waals surface area contributed by atoms with Crippen LogP contribution in [0.5, 0.6) is 0 Å². The van der Waals surface area contributed by atoms with Crippen LogP contribution in [0.15, 0.2) is 24.3 Å². The van der Waals surface area contributed by atoms with Crippen LogP contribution in [0.3, 0.4) is 0 Å². The van der Waals surface area contributed by atoms with E-state index in [2.05, 4.69) is 22.6 Å². The molecule has 0 fully saturated rings. The second-order valence-electron chi connectivity index (χ2n) is 3.90. The van der Waals surface area contributed by atoms with Gasteiger partial charge in [-0.15, -0.1) is 0 Å².